The third-order valence-electron chi connectivity index (χ3n) is 5.90. The van der Waals surface area contributed by atoms with E-state index in [0.29, 0.717) is 23.0 Å². The second-order valence-electron chi connectivity index (χ2n) is 8.39. The summed E-state index contributed by atoms with van der Waals surface area (Å²) in [6.45, 7) is 5.58. The van der Waals surface area contributed by atoms with E-state index in [2.05, 4.69) is 17.1 Å². The van der Waals surface area contributed by atoms with Crippen LogP contribution in [0.1, 0.15) is 26.2 Å². The molecular formula is C24H32ClN3O4S. The zero-order valence-corrected chi connectivity index (χ0v) is 20.7. The van der Waals surface area contributed by atoms with Crippen molar-refractivity contribution in [2.45, 2.75) is 31.1 Å². The molecule has 1 saturated heterocycles. The van der Waals surface area contributed by atoms with Gasteiger partial charge >= 0.3 is 0 Å². The normalized spacial score (nSPS) is 15.2. The minimum absolute atomic E-state index is 0.0744. The summed E-state index contributed by atoms with van der Waals surface area (Å²) in [6.07, 6.45) is 3.25. The number of methoxy groups -OCH3 is 1. The molecule has 0 spiro atoms. The molecule has 0 atom stereocenters. The van der Waals surface area contributed by atoms with E-state index in [9.17, 15) is 13.2 Å². The maximum Gasteiger partial charge on any atom is 0.264 e. The molecule has 7 nitrogen and oxygen atoms in total. The number of ether oxygens (including phenoxy) is 1. The third kappa shape index (κ3) is 7.09. The van der Waals surface area contributed by atoms with Gasteiger partial charge in [-0.1, -0.05) is 18.5 Å². The quantitative estimate of drug-likeness (QED) is 0.509. The first-order chi connectivity index (χ1) is 15.8. The van der Waals surface area contributed by atoms with Crippen LogP contribution in [0.25, 0.3) is 0 Å². The lowest BCUT2D eigenvalue weighted by Crippen LogP contribution is -2.41. The molecule has 0 aromatic heterocycles. The van der Waals surface area contributed by atoms with E-state index in [0.717, 1.165) is 36.3 Å². The van der Waals surface area contributed by atoms with E-state index in [1.54, 1.807) is 36.4 Å². The zero-order chi connectivity index (χ0) is 23.8. The lowest BCUT2D eigenvalue weighted by Gasteiger charge is -2.30. The van der Waals surface area contributed by atoms with E-state index >= 15 is 0 Å². The average Bonchev–Trinajstić information content (AvgIpc) is 2.82. The highest BCUT2D eigenvalue weighted by atomic mass is 35.5. The number of likely N-dealkylation sites (tertiary alicyclic amines) is 1. The van der Waals surface area contributed by atoms with Crippen LogP contribution >= 0.6 is 11.6 Å². The van der Waals surface area contributed by atoms with Gasteiger partial charge < -0.3 is 15.0 Å². The van der Waals surface area contributed by atoms with Gasteiger partial charge in [0.05, 0.1) is 17.7 Å². The van der Waals surface area contributed by atoms with Crippen molar-refractivity contribution >= 4 is 33.2 Å². The van der Waals surface area contributed by atoms with Crippen LogP contribution in [-0.4, -0.2) is 59.1 Å². The van der Waals surface area contributed by atoms with Gasteiger partial charge in [-0.25, -0.2) is 8.42 Å². The molecule has 2 aromatic carbocycles. The smallest absolute Gasteiger partial charge is 0.264 e. The fourth-order valence-electron chi connectivity index (χ4n) is 3.80. The predicted octanol–water partition coefficient (Wildman–Crippen LogP) is 3.78. The van der Waals surface area contributed by atoms with Gasteiger partial charge in [0.1, 0.15) is 12.3 Å². The molecule has 3 rings (SSSR count). The lowest BCUT2D eigenvalue weighted by molar-refractivity contribution is -0.119. The monoisotopic (exact) mass is 493 g/mol. The second-order valence-corrected chi connectivity index (χ2v) is 10.7. The summed E-state index contributed by atoms with van der Waals surface area (Å²) in [5, 5.41) is 3.35. The largest absolute Gasteiger partial charge is 0.497 e. The van der Waals surface area contributed by atoms with E-state index in [1.165, 1.54) is 32.1 Å². The maximum absolute atomic E-state index is 13.4. The molecule has 1 N–H and O–H groups in total. The van der Waals surface area contributed by atoms with Gasteiger partial charge in [-0.05, 0) is 93.3 Å². The molecule has 180 valence electrons. The van der Waals surface area contributed by atoms with Crippen LogP contribution in [0.4, 0.5) is 5.69 Å². The molecule has 1 aliphatic heterocycles. The number of hydrogen-bond donors (Lipinski definition) is 1. The summed E-state index contributed by atoms with van der Waals surface area (Å²) in [5.74, 6) is 0.981. The molecule has 1 aliphatic rings. The van der Waals surface area contributed by atoms with Crippen molar-refractivity contribution in [3.63, 3.8) is 0 Å². The number of amides is 1. The molecule has 0 aliphatic carbocycles. The number of hydrogen-bond acceptors (Lipinski definition) is 5. The highest BCUT2D eigenvalue weighted by Gasteiger charge is 2.27. The van der Waals surface area contributed by atoms with Gasteiger partial charge in [-0.3, -0.25) is 9.10 Å². The molecule has 0 saturated carbocycles. The van der Waals surface area contributed by atoms with Gasteiger partial charge in [0.15, 0.2) is 0 Å². The Kier molecular flexibility index (Phi) is 9.00. The van der Waals surface area contributed by atoms with Crippen molar-refractivity contribution in [2.24, 2.45) is 5.92 Å². The van der Waals surface area contributed by atoms with Crippen LogP contribution in [0.2, 0.25) is 5.02 Å². The topological polar surface area (TPSA) is 79.0 Å². The number of halogens is 1. The van der Waals surface area contributed by atoms with Crippen LogP contribution in [0.15, 0.2) is 53.4 Å². The maximum atomic E-state index is 13.4. The summed E-state index contributed by atoms with van der Waals surface area (Å²) in [5.41, 5.74) is 0.368. The highest BCUT2D eigenvalue weighted by molar-refractivity contribution is 7.92. The van der Waals surface area contributed by atoms with Crippen LogP contribution in [0, 0.1) is 5.92 Å². The molecule has 1 fully saturated rings. The van der Waals surface area contributed by atoms with E-state index in [1.807, 2.05) is 0 Å². The molecule has 1 amide bonds. The van der Waals surface area contributed by atoms with Gasteiger partial charge in [0.25, 0.3) is 10.0 Å². The fourth-order valence-corrected chi connectivity index (χ4v) is 5.35. The van der Waals surface area contributed by atoms with Crippen LogP contribution in [0.3, 0.4) is 0 Å². The summed E-state index contributed by atoms with van der Waals surface area (Å²) in [4.78, 5) is 15.2. The van der Waals surface area contributed by atoms with Crippen molar-refractivity contribution in [1.29, 1.82) is 0 Å². The molecule has 33 heavy (non-hydrogen) atoms. The first-order valence-corrected chi connectivity index (χ1v) is 13.0. The van der Waals surface area contributed by atoms with Crippen molar-refractivity contribution in [1.82, 2.24) is 10.2 Å². The third-order valence-corrected chi connectivity index (χ3v) is 7.94. The van der Waals surface area contributed by atoms with Crippen LogP contribution in [0.5, 0.6) is 5.75 Å². The van der Waals surface area contributed by atoms with Crippen LogP contribution < -0.4 is 14.4 Å². The number of nitrogens with one attached hydrogen (secondary N) is 1. The number of benzene rings is 2. The molecular weight excluding hydrogens is 462 g/mol. The molecule has 2 aromatic rings. The van der Waals surface area contributed by atoms with Crippen molar-refractivity contribution in [2.75, 3.05) is 44.1 Å². The molecule has 0 radical (unpaired) electrons. The molecule has 0 unspecified atom stereocenters. The Labute approximate surface area is 201 Å². The Hall–Kier alpha value is -2.29. The Bertz CT molecular complexity index is 1010. The number of anilines is 1. The first kappa shape index (κ1) is 25.3. The molecule has 1 heterocycles. The SMILES string of the molecule is COc1ccc(S(=O)(=O)N(CC(=O)NCCCN2CCC(C)CC2)c2ccc(Cl)cc2)cc1. The second kappa shape index (κ2) is 11.7. The Morgan fingerprint density at radius 3 is 2.36 bits per heavy atom. The molecule has 9 heteroatoms. The first-order valence-electron chi connectivity index (χ1n) is 11.2. The summed E-state index contributed by atoms with van der Waals surface area (Å²) in [7, 11) is -2.46. The van der Waals surface area contributed by atoms with Crippen LogP contribution in [-0.2, 0) is 14.8 Å². The number of sulfonamides is 1. The fraction of sp³-hybridized carbons (Fsp3) is 0.458. The number of carbonyl (C=O) groups excluding carboxylic acids is 1. The summed E-state index contributed by atoms with van der Waals surface area (Å²) < 4.78 is 33.0. The summed E-state index contributed by atoms with van der Waals surface area (Å²) in [6, 6.07) is 12.5. The summed E-state index contributed by atoms with van der Waals surface area (Å²) >= 11 is 5.98. The number of piperidine rings is 1. The van der Waals surface area contributed by atoms with Crippen molar-refractivity contribution < 1.29 is 17.9 Å². The van der Waals surface area contributed by atoms with Gasteiger partial charge in [-0.2, -0.15) is 0 Å². The van der Waals surface area contributed by atoms with Gasteiger partial charge in [0, 0.05) is 11.6 Å². The number of carbonyl (C=O) groups is 1. The minimum atomic E-state index is -3.97. The van der Waals surface area contributed by atoms with Crippen molar-refractivity contribution in [3.05, 3.63) is 53.6 Å². The highest BCUT2D eigenvalue weighted by Crippen LogP contribution is 2.26. The van der Waals surface area contributed by atoms with E-state index < -0.39 is 10.0 Å². The number of rotatable bonds is 10. The molecule has 0 bridgehead atoms. The predicted molar refractivity (Wildman–Crippen MR) is 131 cm³/mol. The Morgan fingerprint density at radius 1 is 1.12 bits per heavy atom. The zero-order valence-electron chi connectivity index (χ0n) is 19.2. The van der Waals surface area contributed by atoms with Crippen molar-refractivity contribution in [3.8, 4) is 5.75 Å². The van der Waals surface area contributed by atoms with Gasteiger partial charge in [-0.15, -0.1) is 0 Å². The number of nitrogens with zero attached hydrogens (tertiary/aromatic N) is 2. The van der Waals surface area contributed by atoms with E-state index in [-0.39, 0.29) is 17.3 Å². The standard InChI is InChI=1S/C24H32ClN3O4S/c1-19-12-16-27(17-13-19)15-3-14-26-24(29)18-28(21-6-4-20(25)5-7-21)33(30,31)23-10-8-22(32-2)9-11-23/h4-11,19H,3,12-18H2,1-2H3,(H,26,29). The average molecular weight is 494 g/mol. The Morgan fingerprint density at radius 2 is 1.76 bits per heavy atom. The van der Waals surface area contributed by atoms with E-state index in [4.69, 9.17) is 16.3 Å². The Balaban J connectivity index is 1.65. The lowest BCUT2D eigenvalue weighted by atomic mass is 9.99. The minimum Gasteiger partial charge on any atom is -0.497 e. The van der Waals surface area contributed by atoms with Gasteiger partial charge in [0.2, 0.25) is 5.91 Å².